The smallest absolute Gasteiger partial charge is 0.275 e. The second-order valence-electron chi connectivity index (χ2n) is 8.44. The molecule has 0 bridgehead atoms. The van der Waals surface area contributed by atoms with E-state index in [-0.39, 0.29) is 17.9 Å². The van der Waals surface area contributed by atoms with Crippen molar-refractivity contribution in [3.05, 3.63) is 47.0 Å². The second kappa shape index (κ2) is 9.47. The lowest BCUT2D eigenvalue weighted by molar-refractivity contribution is 0.101. The number of rotatable bonds is 8. The monoisotopic (exact) mass is 439 g/mol. The van der Waals surface area contributed by atoms with Gasteiger partial charge in [0.15, 0.2) is 5.82 Å². The molecule has 0 aromatic carbocycles. The molecule has 0 spiro atoms. The minimum Gasteiger partial charge on any atom is -0.473 e. The third-order valence-corrected chi connectivity index (χ3v) is 5.74. The summed E-state index contributed by atoms with van der Waals surface area (Å²) in [6, 6.07) is 5.56. The number of nitrogens with one attached hydrogen (secondary N) is 2. The van der Waals surface area contributed by atoms with Crippen LogP contribution in [0.5, 0.6) is 5.88 Å². The Morgan fingerprint density at radius 1 is 1.34 bits per heavy atom. The van der Waals surface area contributed by atoms with Crippen LogP contribution in [-0.2, 0) is 18.4 Å². The van der Waals surface area contributed by atoms with E-state index in [1.54, 1.807) is 26.4 Å². The Bertz CT molecular complexity index is 1080. The van der Waals surface area contributed by atoms with E-state index >= 15 is 0 Å². The van der Waals surface area contributed by atoms with Crippen molar-refractivity contribution in [1.29, 1.82) is 0 Å². The van der Waals surface area contributed by atoms with Crippen LogP contribution in [0.15, 0.2) is 24.4 Å². The van der Waals surface area contributed by atoms with Gasteiger partial charge in [-0.3, -0.25) is 14.6 Å². The van der Waals surface area contributed by atoms with Gasteiger partial charge < -0.3 is 14.8 Å². The zero-order valence-corrected chi connectivity index (χ0v) is 18.8. The largest absolute Gasteiger partial charge is 0.473 e. The summed E-state index contributed by atoms with van der Waals surface area (Å²) in [5.74, 6) is 1.44. The van der Waals surface area contributed by atoms with Crippen molar-refractivity contribution in [2.24, 2.45) is 7.05 Å². The first-order valence-electron chi connectivity index (χ1n) is 10.8. The van der Waals surface area contributed by atoms with Crippen LogP contribution in [0.25, 0.3) is 0 Å². The van der Waals surface area contributed by atoms with Crippen LogP contribution in [0.1, 0.15) is 72.4 Å². The molecule has 10 nitrogen and oxygen atoms in total. The molecule has 1 aliphatic carbocycles. The first kappa shape index (κ1) is 21.9. The van der Waals surface area contributed by atoms with Crippen LogP contribution in [0.3, 0.4) is 0 Å². The summed E-state index contributed by atoms with van der Waals surface area (Å²) in [7, 11) is 3.32. The van der Waals surface area contributed by atoms with E-state index in [2.05, 4.69) is 44.7 Å². The van der Waals surface area contributed by atoms with Crippen molar-refractivity contribution in [3.63, 3.8) is 0 Å². The van der Waals surface area contributed by atoms with Gasteiger partial charge in [0.2, 0.25) is 5.88 Å². The molecule has 1 saturated carbocycles. The van der Waals surface area contributed by atoms with Gasteiger partial charge in [-0.1, -0.05) is 13.8 Å². The maximum atomic E-state index is 12.6. The summed E-state index contributed by atoms with van der Waals surface area (Å²) in [5.41, 5.74) is 3.20. The number of ether oxygens (including phenoxy) is 2. The van der Waals surface area contributed by atoms with Gasteiger partial charge >= 0.3 is 0 Å². The van der Waals surface area contributed by atoms with Gasteiger partial charge in [0.05, 0.1) is 18.5 Å². The second-order valence-corrected chi connectivity index (χ2v) is 8.44. The molecule has 4 rings (SSSR count). The Kier molecular flexibility index (Phi) is 6.50. The number of aromatic nitrogens is 6. The average Bonchev–Trinajstić information content (AvgIpc) is 3.49. The molecule has 2 N–H and O–H groups in total. The highest BCUT2D eigenvalue weighted by Crippen LogP contribution is 2.37. The molecule has 32 heavy (non-hydrogen) atoms. The Hall–Kier alpha value is -3.27. The van der Waals surface area contributed by atoms with E-state index in [1.807, 2.05) is 12.1 Å². The zero-order chi connectivity index (χ0) is 22.7. The number of hydrogen-bond donors (Lipinski definition) is 2. The number of H-pyrrole nitrogens is 1. The standard InChI is InChI=1S/C22H29N7O3/c1-13(2)17-7-8-23-27-22(17)32-16-6-5-14(9-16)18-11-20(26-25-18)24-21(30)19-10-15(12-31-4)28-29(19)3/h7-8,10-11,13-14,16H,5-6,9,12H2,1-4H3,(H2,24,25,26,30)/t14-,16+/m1/s1. The minimum atomic E-state index is -0.267. The van der Waals surface area contributed by atoms with E-state index in [9.17, 15) is 4.79 Å². The number of nitrogens with zero attached hydrogens (tertiary/aromatic N) is 5. The molecule has 1 aliphatic rings. The maximum Gasteiger partial charge on any atom is 0.275 e. The highest BCUT2D eigenvalue weighted by atomic mass is 16.5. The number of methoxy groups -OCH3 is 1. The number of aromatic amines is 1. The van der Waals surface area contributed by atoms with Gasteiger partial charge in [-0.05, 0) is 37.3 Å². The lowest BCUT2D eigenvalue weighted by Crippen LogP contribution is -2.16. The number of aryl methyl sites for hydroxylation is 1. The number of carbonyl (C=O) groups is 1. The maximum absolute atomic E-state index is 12.6. The molecule has 3 heterocycles. The average molecular weight is 440 g/mol. The fourth-order valence-electron chi connectivity index (χ4n) is 4.09. The predicted molar refractivity (Wildman–Crippen MR) is 118 cm³/mol. The molecule has 1 fully saturated rings. The molecule has 170 valence electrons. The van der Waals surface area contributed by atoms with Crippen molar-refractivity contribution in [1.82, 2.24) is 30.2 Å². The number of carbonyl (C=O) groups excluding carboxylic acids is 1. The Morgan fingerprint density at radius 2 is 2.19 bits per heavy atom. The van der Waals surface area contributed by atoms with Crippen LogP contribution >= 0.6 is 0 Å². The summed E-state index contributed by atoms with van der Waals surface area (Å²) in [6.45, 7) is 4.59. The molecule has 0 saturated heterocycles. The summed E-state index contributed by atoms with van der Waals surface area (Å²) in [4.78, 5) is 12.6. The van der Waals surface area contributed by atoms with Gasteiger partial charge in [-0.15, -0.1) is 5.10 Å². The lowest BCUT2D eigenvalue weighted by Gasteiger charge is -2.16. The number of amides is 1. The van der Waals surface area contributed by atoms with Gasteiger partial charge in [-0.25, -0.2) is 0 Å². The number of anilines is 1. The van der Waals surface area contributed by atoms with Crippen LogP contribution in [0.4, 0.5) is 5.82 Å². The van der Waals surface area contributed by atoms with Gasteiger partial charge in [0.25, 0.3) is 5.91 Å². The molecule has 0 radical (unpaired) electrons. The summed E-state index contributed by atoms with van der Waals surface area (Å²) < 4.78 is 12.8. The molecule has 0 unspecified atom stereocenters. The predicted octanol–water partition coefficient (Wildman–Crippen LogP) is 3.17. The zero-order valence-electron chi connectivity index (χ0n) is 18.8. The van der Waals surface area contributed by atoms with E-state index in [1.165, 1.54) is 4.68 Å². The normalized spacial score (nSPS) is 18.3. The molecule has 2 atom stereocenters. The third kappa shape index (κ3) is 4.80. The summed E-state index contributed by atoms with van der Waals surface area (Å²) in [5, 5.41) is 22.6. The molecule has 1 amide bonds. The van der Waals surface area contributed by atoms with Crippen molar-refractivity contribution in [2.75, 3.05) is 12.4 Å². The van der Waals surface area contributed by atoms with Crippen LogP contribution in [-0.4, -0.2) is 49.3 Å². The van der Waals surface area contributed by atoms with Crippen LogP contribution < -0.4 is 10.1 Å². The Labute approximate surface area is 186 Å². The quantitative estimate of drug-likeness (QED) is 0.553. The van der Waals surface area contributed by atoms with E-state index in [4.69, 9.17) is 9.47 Å². The fraction of sp³-hybridized carbons (Fsp3) is 0.500. The van der Waals surface area contributed by atoms with Crippen LogP contribution in [0.2, 0.25) is 0 Å². The first-order chi connectivity index (χ1) is 15.4. The molecular weight excluding hydrogens is 410 g/mol. The van der Waals surface area contributed by atoms with Crippen molar-refractivity contribution in [2.45, 2.75) is 57.7 Å². The SMILES string of the molecule is COCc1cc(C(=O)Nc2cc([C@@H]3CC[C@H](Oc4nnccc4C(C)C)C3)[nH]n2)n(C)n1. The van der Waals surface area contributed by atoms with Gasteiger partial charge in [0, 0.05) is 37.4 Å². The lowest BCUT2D eigenvalue weighted by atomic mass is 10.0. The van der Waals surface area contributed by atoms with Gasteiger partial charge in [-0.2, -0.15) is 15.3 Å². The summed E-state index contributed by atoms with van der Waals surface area (Å²) in [6.07, 6.45) is 4.52. The number of hydrogen-bond acceptors (Lipinski definition) is 7. The topological polar surface area (TPSA) is 120 Å². The van der Waals surface area contributed by atoms with Gasteiger partial charge in [0.1, 0.15) is 11.8 Å². The Morgan fingerprint density at radius 3 is 2.97 bits per heavy atom. The van der Waals surface area contributed by atoms with Crippen molar-refractivity contribution < 1.29 is 14.3 Å². The van der Waals surface area contributed by atoms with E-state index < -0.39 is 0 Å². The summed E-state index contributed by atoms with van der Waals surface area (Å²) >= 11 is 0. The van der Waals surface area contributed by atoms with E-state index in [0.717, 1.165) is 30.5 Å². The first-order valence-corrected chi connectivity index (χ1v) is 10.8. The third-order valence-electron chi connectivity index (χ3n) is 5.74. The van der Waals surface area contributed by atoms with Crippen molar-refractivity contribution >= 4 is 11.7 Å². The highest BCUT2D eigenvalue weighted by molar-refractivity contribution is 6.02. The molecule has 10 heteroatoms. The molecule has 0 aliphatic heterocycles. The van der Waals surface area contributed by atoms with E-state index in [0.29, 0.717) is 35.6 Å². The molecular formula is C22H29N7O3. The molecule has 3 aromatic heterocycles. The van der Waals surface area contributed by atoms with Crippen molar-refractivity contribution in [3.8, 4) is 5.88 Å². The minimum absolute atomic E-state index is 0.0733. The highest BCUT2D eigenvalue weighted by Gasteiger charge is 2.30. The fourth-order valence-corrected chi connectivity index (χ4v) is 4.09. The Balaban J connectivity index is 1.37. The molecule has 3 aromatic rings. The van der Waals surface area contributed by atoms with Crippen LogP contribution in [0, 0.1) is 0 Å².